The lowest BCUT2D eigenvalue weighted by atomic mass is 10.3. The van der Waals surface area contributed by atoms with Gasteiger partial charge in [-0.05, 0) is 12.8 Å². The molecule has 0 saturated heterocycles. The monoisotopic (exact) mass is 239 g/mol. The number of aromatic nitrogens is 2. The van der Waals surface area contributed by atoms with Crippen LogP contribution in [0.15, 0.2) is 15.7 Å². The van der Waals surface area contributed by atoms with E-state index in [1.807, 2.05) is 4.98 Å². The number of carbonyl (C=O) groups is 1. The number of H-pyrrole nitrogens is 2. The summed E-state index contributed by atoms with van der Waals surface area (Å²) in [6.45, 7) is 0. The molecule has 0 atom stereocenters. The molecule has 0 unspecified atom stereocenters. The van der Waals surface area contributed by atoms with Crippen LogP contribution in [0.4, 0.5) is 0 Å². The smallest absolute Gasteiger partial charge is 0.303 e. The van der Waals surface area contributed by atoms with Crippen LogP contribution in [0.3, 0.4) is 0 Å². The van der Waals surface area contributed by atoms with E-state index in [4.69, 9.17) is 4.84 Å². The van der Waals surface area contributed by atoms with Crippen LogP contribution in [-0.2, 0) is 4.84 Å². The van der Waals surface area contributed by atoms with E-state index in [0.717, 1.165) is 31.7 Å². The van der Waals surface area contributed by atoms with Gasteiger partial charge in [-0.15, -0.1) is 0 Å². The standard InChI is InChI=1S/C10H13N3O4/c14-8-5-7(11-10(16)12-8)9(15)13-17-6-3-1-2-4-6/h5-6H,1-4H2,(H,13,15)(H2,11,12,14,16). The van der Waals surface area contributed by atoms with Crippen molar-refractivity contribution in [2.45, 2.75) is 31.8 Å². The molecule has 7 nitrogen and oxygen atoms in total. The lowest BCUT2D eigenvalue weighted by molar-refractivity contribution is -0.0128. The second-order valence-electron chi connectivity index (χ2n) is 3.96. The topological polar surface area (TPSA) is 104 Å². The third-order valence-electron chi connectivity index (χ3n) is 2.63. The number of hydroxylamine groups is 1. The summed E-state index contributed by atoms with van der Waals surface area (Å²) in [4.78, 5) is 42.8. The minimum atomic E-state index is -0.719. The molecule has 0 aliphatic heterocycles. The Morgan fingerprint density at radius 1 is 1.29 bits per heavy atom. The maximum absolute atomic E-state index is 11.5. The third-order valence-corrected chi connectivity index (χ3v) is 2.63. The van der Waals surface area contributed by atoms with Crippen molar-refractivity contribution in [2.24, 2.45) is 0 Å². The highest BCUT2D eigenvalue weighted by molar-refractivity contribution is 5.91. The number of amides is 1. The molecule has 92 valence electrons. The van der Waals surface area contributed by atoms with Crippen LogP contribution < -0.4 is 16.7 Å². The first-order valence-corrected chi connectivity index (χ1v) is 5.45. The lowest BCUT2D eigenvalue weighted by Crippen LogP contribution is -2.33. The molecule has 1 amide bonds. The summed E-state index contributed by atoms with van der Waals surface area (Å²) in [7, 11) is 0. The van der Waals surface area contributed by atoms with E-state index in [2.05, 4.69) is 10.5 Å². The molecule has 0 aromatic carbocycles. The molecule has 3 N–H and O–H groups in total. The van der Waals surface area contributed by atoms with Crippen LogP contribution >= 0.6 is 0 Å². The highest BCUT2D eigenvalue weighted by Crippen LogP contribution is 2.19. The van der Waals surface area contributed by atoms with Gasteiger partial charge < -0.3 is 4.98 Å². The van der Waals surface area contributed by atoms with Gasteiger partial charge in [0.2, 0.25) is 0 Å². The van der Waals surface area contributed by atoms with Gasteiger partial charge in [0.15, 0.2) is 0 Å². The van der Waals surface area contributed by atoms with Crippen molar-refractivity contribution in [3.8, 4) is 0 Å². The van der Waals surface area contributed by atoms with E-state index >= 15 is 0 Å². The molecule has 1 aliphatic rings. The highest BCUT2D eigenvalue weighted by atomic mass is 16.7. The fourth-order valence-corrected chi connectivity index (χ4v) is 1.79. The van der Waals surface area contributed by atoms with Crippen LogP contribution in [0.1, 0.15) is 36.2 Å². The SMILES string of the molecule is O=C(NOC1CCCC1)c1cc(=O)[nH]c(=O)[nH]1. The van der Waals surface area contributed by atoms with Crippen molar-refractivity contribution in [3.05, 3.63) is 32.6 Å². The number of nitrogens with one attached hydrogen (secondary N) is 3. The summed E-state index contributed by atoms with van der Waals surface area (Å²) in [6, 6.07) is 1.01. The molecule has 7 heteroatoms. The van der Waals surface area contributed by atoms with Crippen molar-refractivity contribution in [3.63, 3.8) is 0 Å². The van der Waals surface area contributed by atoms with E-state index in [0.29, 0.717) is 0 Å². The first kappa shape index (κ1) is 11.6. The molecule has 1 aromatic rings. The predicted octanol–water partition coefficient (Wildman–Crippen LogP) is -0.333. The van der Waals surface area contributed by atoms with Crippen LogP contribution in [-0.4, -0.2) is 22.0 Å². The number of hydrogen-bond acceptors (Lipinski definition) is 4. The Morgan fingerprint density at radius 2 is 2.00 bits per heavy atom. The Bertz CT molecular complexity index is 485. The number of rotatable bonds is 3. The molecular formula is C10H13N3O4. The van der Waals surface area contributed by atoms with Crippen molar-refractivity contribution in [2.75, 3.05) is 0 Å². The molecule has 1 saturated carbocycles. The number of carbonyl (C=O) groups excluding carboxylic acids is 1. The van der Waals surface area contributed by atoms with E-state index in [1.54, 1.807) is 0 Å². The molecule has 1 heterocycles. The lowest BCUT2D eigenvalue weighted by Gasteiger charge is -2.10. The first-order valence-electron chi connectivity index (χ1n) is 5.45. The Kier molecular flexibility index (Phi) is 3.38. The Morgan fingerprint density at radius 3 is 2.65 bits per heavy atom. The molecule has 0 bridgehead atoms. The third kappa shape index (κ3) is 3.04. The van der Waals surface area contributed by atoms with Crippen molar-refractivity contribution >= 4 is 5.91 Å². The van der Waals surface area contributed by atoms with Gasteiger partial charge in [0.05, 0.1) is 6.10 Å². The van der Waals surface area contributed by atoms with Crippen LogP contribution in [0.25, 0.3) is 0 Å². The molecule has 17 heavy (non-hydrogen) atoms. The molecular weight excluding hydrogens is 226 g/mol. The van der Waals surface area contributed by atoms with Gasteiger partial charge in [-0.3, -0.25) is 19.4 Å². The zero-order valence-electron chi connectivity index (χ0n) is 9.12. The van der Waals surface area contributed by atoms with Crippen molar-refractivity contribution in [1.29, 1.82) is 0 Å². The van der Waals surface area contributed by atoms with E-state index in [-0.39, 0.29) is 11.8 Å². The second kappa shape index (κ2) is 4.96. The molecule has 0 spiro atoms. The molecule has 0 radical (unpaired) electrons. The maximum atomic E-state index is 11.5. The quantitative estimate of drug-likeness (QED) is 0.628. The average Bonchev–Trinajstić information content (AvgIpc) is 2.77. The predicted molar refractivity (Wildman–Crippen MR) is 58.5 cm³/mol. The molecule has 2 rings (SSSR count). The minimum absolute atomic E-state index is 0.0210. The van der Waals surface area contributed by atoms with Crippen LogP contribution in [0.5, 0.6) is 0 Å². The largest absolute Gasteiger partial charge is 0.326 e. The van der Waals surface area contributed by atoms with E-state index < -0.39 is 17.2 Å². The van der Waals surface area contributed by atoms with Gasteiger partial charge in [-0.25, -0.2) is 10.3 Å². The van der Waals surface area contributed by atoms with Crippen LogP contribution in [0, 0.1) is 0 Å². The highest BCUT2D eigenvalue weighted by Gasteiger charge is 2.17. The molecule has 1 fully saturated rings. The summed E-state index contributed by atoms with van der Waals surface area (Å²) >= 11 is 0. The van der Waals surface area contributed by atoms with Gasteiger partial charge in [-0.1, -0.05) is 12.8 Å². The van der Waals surface area contributed by atoms with Gasteiger partial charge in [0.25, 0.3) is 11.5 Å². The Balaban J connectivity index is 1.99. The summed E-state index contributed by atoms with van der Waals surface area (Å²) < 4.78 is 0. The summed E-state index contributed by atoms with van der Waals surface area (Å²) in [5.41, 5.74) is 0.775. The minimum Gasteiger partial charge on any atom is -0.303 e. The van der Waals surface area contributed by atoms with Gasteiger partial charge in [-0.2, -0.15) is 0 Å². The summed E-state index contributed by atoms with van der Waals surface area (Å²) in [5.74, 6) is -0.625. The Hall–Kier alpha value is -1.89. The van der Waals surface area contributed by atoms with Gasteiger partial charge in [0, 0.05) is 6.07 Å². The molecule has 1 aliphatic carbocycles. The molecule has 1 aromatic heterocycles. The normalized spacial score (nSPS) is 16.0. The Labute approximate surface area is 96.2 Å². The maximum Gasteiger partial charge on any atom is 0.326 e. The fraction of sp³-hybridized carbons (Fsp3) is 0.500. The average molecular weight is 239 g/mol. The van der Waals surface area contributed by atoms with Gasteiger partial charge in [0.1, 0.15) is 5.69 Å². The van der Waals surface area contributed by atoms with E-state index in [9.17, 15) is 14.4 Å². The fourth-order valence-electron chi connectivity index (χ4n) is 1.79. The first-order chi connectivity index (χ1) is 8.15. The van der Waals surface area contributed by atoms with Gasteiger partial charge >= 0.3 is 5.69 Å². The van der Waals surface area contributed by atoms with E-state index in [1.165, 1.54) is 0 Å². The van der Waals surface area contributed by atoms with Crippen LogP contribution in [0.2, 0.25) is 0 Å². The van der Waals surface area contributed by atoms with Crippen molar-refractivity contribution in [1.82, 2.24) is 15.4 Å². The summed E-state index contributed by atoms with van der Waals surface area (Å²) in [6.07, 6.45) is 4.01. The van der Waals surface area contributed by atoms with Crippen molar-refractivity contribution < 1.29 is 9.63 Å². The summed E-state index contributed by atoms with van der Waals surface area (Å²) in [5, 5.41) is 0. The second-order valence-corrected chi connectivity index (χ2v) is 3.96. The zero-order valence-corrected chi connectivity index (χ0v) is 9.12. The number of aromatic amines is 2. The zero-order chi connectivity index (χ0) is 12.3. The number of hydrogen-bond donors (Lipinski definition) is 3.